The summed E-state index contributed by atoms with van der Waals surface area (Å²) >= 11 is 0. The van der Waals surface area contributed by atoms with Gasteiger partial charge in [0.1, 0.15) is 12.4 Å². The lowest BCUT2D eigenvalue weighted by atomic mass is 10.1. The molecule has 2 rings (SSSR count). The van der Waals surface area contributed by atoms with Gasteiger partial charge >= 0.3 is 0 Å². The minimum absolute atomic E-state index is 0.767. The quantitative estimate of drug-likeness (QED) is 0.847. The van der Waals surface area contributed by atoms with E-state index >= 15 is 0 Å². The highest BCUT2D eigenvalue weighted by Gasteiger charge is 2.14. The van der Waals surface area contributed by atoms with Gasteiger partial charge in [0.25, 0.3) is 0 Å². The molecular weight excluding hydrogens is 212 g/mol. The van der Waals surface area contributed by atoms with Crippen LogP contribution in [0.25, 0.3) is 0 Å². The first-order chi connectivity index (χ1) is 8.31. The summed E-state index contributed by atoms with van der Waals surface area (Å²) in [4.78, 5) is 2.36. The van der Waals surface area contributed by atoms with Crippen LogP contribution < -0.4 is 10.1 Å². The van der Waals surface area contributed by atoms with E-state index in [1.165, 1.54) is 18.4 Å². The second kappa shape index (κ2) is 5.92. The van der Waals surface area contributed by atoms with Crippen molar-refractivity contribution in [2.45, 2.75) is 26.3 Å². The van der Waals surface area contributed by atoms with E-state index in [9.17, 15) is 0 Å². The molecular formula is C14H22N2O. The van der Waals surface area contributed by atoms with E-state index in [0.717, 1.165) is 37.7 Å². The lowest BCUT2D eigenvalue weighted by Gasteiger charge is -2.24. The van der Waals surface area contributed by atoms with Crippen molar-refractivity contribution in [1.29, 1.82) is 0 Å². The maximum Gasteiger partial charge on any atom is 0.146 e. The van der Waals surface area contributed by atoms with Crippen molar-refractivity contribution in [1.82, 2.24) is 4.90 Å². The number of hydrogen-bond acceptors (Lipinski definition) is 3. The van der Waals surface area contributed by atoms with E-state index in [-0.39, 0.29) is 0 Å². The van der Waals surface area contributed by atoms with Gasteiger partial charge < -0.3 is 15.0 Å². The smallest absolute Gasteiger partial charge is 0.146 e. The lowest BCUT2D eigenvalue weighted by Crippen LogP contribution is -2.22. The molecule has 0 amide bonds. The molecule has 0 bridgehead atoms. The standard InChI is InChI=1S/C14H22N2O/c1-3-4-9-16(2)11-12-6-5-7-13-14(12)17-10-8-15-13/h5-7,15H,3-4,8-11H2,1-2H3. The first kappa shape index (κ1) is 12.2. The molecule has 1 aromatic rings. The Morgan fingerprint density at radius 2 is 2.29 bits per heavy atom. The summed E-state index contributed by atoms with van der Waals surface area (Å²) in [6, 6.07) is 6.35. The zero-order valence-corrected chi connectivity index (χ0v) is 10.8. The molecule has 3 heteroatoms. The van der Waals surface area contributed by atoms with Crippen LogP contribution in [0.2, 0.25) is 0 Å². The van der Waals surface area contributed by atoms with E-state index in [4.69, 9.17) is 4.74 Å². The fourth-order valence-corrected chi connectivity index (χ4v) is 2.16. The number of benzene rings is 1. The van der Waals surface area contributed by atoms with Crippen molar-refractivity contribution in [3.63, 3.8) is 0 Å². The van der Waals surface area contributed by atoms with Gasteiger partial charge in [-0.25, -0.2) is 0 Å². The molecule has 1 aromatic carbocycles. The van der Waals surface area contributed by atoms with Gasteiger partial charge in [0.2, 0.25) is 0 Å². The Morgan fingerprint density at radius 1 is 1.41 bits per heavy atom. The molecule has 1 heterocycles. The normalized spacial score (nSPS) is 14.1. The molecule has 0 saturated carbocycles. The number of para-hydroxylation sites is 1. The Bertz CT molecular complexity index is 365. The van der Waals surface area contributed by atoms with Gasteiger partial charge in [0.05, 0.1) is 5.69 Å². The number of nitrogens with one attached hydrogen (secondary N) is 1. The number of unbranched alkanes of at least 4 members (excludes halogenated alkanes) is 1. The van der Waals surface area contributed by atoms with Gasteiger partial charge in [0, 0.05) is 18.7 Å². The molecule has 3 nitrogen and oxygen atoms in total. The molecule has 17 heavy (non-hydrogen) atoms. The minimum Gasteiger partial charge on any atom is -0.489 e. The zero-order chi connectivity index (χ0) is 12.1. The summed E-state index contributed by atoms with van der Waals surface area (Å²) < 4.78 is 5.77. The van der Waals surface area contributed by atoms with Gasteiger partial charge in [-0.3, -0.25) is 0 Å². The molecule has 0 aromatic heterocycles. The summed E-state index contributed by atoms with van der Waals surface area (Å²) in [6.07, 6.45) is 2.50. The minimum atomic E-state index is 0.767. The Labute approximate surface area is 104 Å². The monoisotopic (exact) mass is 234 g/mol. The van der Waals surface area contributed by atoms with Crippen molar-refractivity contribution in [2.75, 3.05) is 32.1 Å². The topological polar surface area (TPSA) is 24.5 Å². The van der Waals surface area contributed by atoms with Crippen LogP contribution in [-0.4, -0.2) is 31.6 Å². The third kappa shape index (κ3) is 3.13. The largest absolute Gasteiger partial charge is 0.489 e. The van der Waals surface area contributed by atoms with E-state index in [1.807, 2.05) is 0 Å². The first-order valence-corrected chi connectivity index (χ1v) is 6.48. The highest BCUT2D eigenvalue weighted by atomic mass is 16.5. The lowest BCUT2D eigenvalue weighted by molar-refractivity contribution is 0.293. The second-order valence-corrected chi connectivity index (χ2v) is 4.66. The summed E-state index contributed by atoms with van der Waals surface area (Å²) in [6.45, 7) is 6.01. The third-order valence-electron chi connectivity index (χ3n) is 3.09. The fourth-order valence-electron chi connectivity index (χ4n) is 2.16. The van der Waals surface area contributed by atoms with Crippen molar-refractivity contribution >= 4 is 5.69 Å². The van der Waals surface area contributed by atoms with Gasteiger partial charge in [-0.15, -0.1) is 0 Å². The van der Waals surface area contributed by atoms with E-state index in [0.29, 0.717) is 0 Å². The molecule has 94 valence electrons. The molecule has 0 atom stereocenters. The summed E-state index contributed by atoms with van der Waals surface area (Å²) in [5.41, 5.74) is 2.42. The number of rotatable bonds is 5. The van der Waals surface area contributed by atoms with Crippen LogP contribution in [0, 0.1) is 0 Å². The number of anilines is 1. The SMILES string of the molecule is CCCCN(C)Cc1cccc2c1OCCN2. The maximum absolute atomic E-state index is 5.77. The number of fused-ring (bicyclic) bond motifs is 1. The van der Waals surface area contributed by atoms with E-state index in [2.05, 4.69) is 42.4 Å². The van der Waals surface area contributed by atoms with Gasteiger partial charge in [-0.05, 0) is 26.1 Å². The molecule has 1 aliphatic rings. The number of ether oxygens (including phenoxy) is 1. The molecule has 0 spiro atoms. The van der Waals surface area contributed by atoms with E-state index < -0.39 is 0 Å². The van der Waals surface area contributed by atoms with Crippen LogP contribution >= 0.6 is 0 Å². The van der Waals surface area contributed by atoms with Crippen molar-refractivity contribution < 1.29 is 4.74 Å². The van der Waals surface area contributed by atoms with E-state index in [1.54, 1.807) is 0 Å². The zero-order valence-electron chi connectivity index (χ0n) is 10.8. The average Bonchev–Trinajstić information content (AvgIpc) is 2.37. The van der Waals surface area contributed by atoms with Crippen LogP contribution in [0.1, 0.15) is 25.3 Å². The highest BCUT2D eigenvalue weighted by Crippen LogP contribution is 2.31. The Morgan fingerprint density at radius 3 is 3.12 bits per heavy atom. The molecule has 0 unspecified atom stereocenters. The van der Waals surface area contributed by atoms with Gasteiger partial charge in [-0.1, -0.05) is 25.5 Å². The molecule has 0 saturated heterocycles. The van der Waals surface area contributed by atoms with Crippen LogP contribution in [0.15, 0.2) is 18.2 Å². The molecule has 1 N–H and O–H groups in total. The highest BCUT2D eigenvalue weighted by molar-refractivity contribution is 5.61. The third-order valence-corrected chi connectivity index (χ3v) is 3.09. The molecule has 0 radical (unpaired) electrons. The summed E-state index contributed by atoms with van der Waals surface area (Å²) in [5.74, 6) is 1.04. The average molecular weight is 234 g/mol. The van der Waals surface area contributed by atoms with Crippen molar-refractivity contribution in [3.8, 4) is 5.75 Å². The Kier molecular flexibility index (Phi) is 4.26. The van der Waals surface area contributed by atoms with Crippen LogP contribution in [0.4, 0.5) is 5.69 Å². The molecule has 1 aliphatic heterocycles. The predicted octanol–water partition coefficient (Wildman–Crippen LogP) is 2.72. The Balaban J connectivity index is 2.05. The van der Waals surface area contributed by atoms with Crippen LogP contribution in [0.5, 0.6) is 5.75 Å². The van der Waals surface area contributed by atoms with Crippen molar-refractivity contribution in [3.05, 3.63) is 23.8 Å². The maximum atomic E-state index is 5.77. The number of nitrogens with zero attached hydrogens (tertiary/aromatic N) is 1. The second-order valence-electron chi connectivity index (χ2n) is 4.66. The van der Waals surface area contributed by atoms with Crippen LogP contribution in [-0.2, 0) is 6.54 Å². The predicted molar refractivity (Wildman–Crippen MR) is 71.7 cm³/mol. The summed E-state index contributed by atoms with van der Waals surface area (Å²) in [7, 11) is 2.17. The summed E-state index contributed by atoms with van der Waals surface area (Å²) in [5, 5.41) is 3.38. The van der Waals surface area contributed by atoms with Crippen LogP contribution in [0.3, 0.4) is 0 Å². The van der Waals surface area contributed by atoms with Crippen molar-refractivity contribution in [2.24, 2.45) is 0 Å². The first-order valence-electron chi connectivity index (χ1n) is 6.48. The molecule has 0 fully saturated rings. The van der Waals surface area contributed by atoms with Gasteiger partial charge in [0.15, 0.2) is 0 Å². The molecule has 0 aliphatic carbocycles. The fraction of sp³-hybridized carbons (Fsp3) is 0.571. The Hall–Kier alpha value is -1.22. The number of hydrogen-bond donors (Lipinski definition) is 1. The van der Waals surface area contributed by atoms with Gasteiger partial charge in [-0.2, -0.15) is 0 Å².